The molecule has 0 unspecified atom stereocenters. The summed E-state index contributed by atoms with van der Waals surface area (Å²) in [5.41, 5.74) is 3.63. The van der Waals surface area contributed by atoms with Crippen LogP contribution in [0.5, 0.6) is 5.75 Å². The Kier molecular flexibility index (Phi) is 6.60. The summed E-state index contributed by atoms with van der Waals surface area (Å²) in [5.74, 6) is 0.930. The third kappa shape index (κ3) is 5.68. The standard InChI is InChI=1S/C24H29N3O2/c28-24(9-7-20-6-8-23-22(18-20)10-17-29-23)25-11-12-26-13-15-27(16-14-26)19-21-4-2-1-3-5-21/h1-9,18H,10-17,19H2,(H,25,28)/b9-7+. The van der Waals surface area contributed by atoms with E-state index in [1.54, 1.807) is 6.08 Å². The minimum atomic E-state index is -0.0375. The third-order valence-electron chi connectivity index (χ3n) is 5.58. The molecule has 152 valence electrons. The monoisotopic (exact) mass is 391 g/mol. The van der Waals surface area contributed by atoms with Crippen molar-refractivity contribution in [2.75, 3.05) is 45.9 Å². The van der Waals surface area contributed by atoms with E-state index in [1.165, 1.54) is 11.1 Å². The summed E-state index contributed by atoms with van der Waals surface area (Å²) < 4.78 is 5.51. The molecule has 1 N–H and O–H groups in total. The predicted molar refractivity (Wildman–Crippen MR) is 116 cm³/mol. The lowest BCUT2D eigenvalue weighted by molar-refractivity contribution is -0.116. The molecule has 2 aromatic carbocycles. The van der Waals surface area contributed by atoms with Gasteiger partial charge in [-0.15, -0.1) is 0 Å². The summed E-state index contributed by atoms with van der Waals surface area (Å²) in [6.45, 7) is 7.60. The van der Waals surface area contributed by atoms with Crippen molar-refractivity contribution in [3.05, 3.63) is 71.3 Å². The van der Waals surface area contributed by atoms with Crippen LogP contribution in [0.2, 0.25) is 0 Å². The number of carbonyl (C=O) groups excluding carboxylic acids is 1. The average Bonchev–Trinajstić information content (AvgIpc) is 3.22. The zero-order chi connectivity index (χ0) is 19.9. The highest BCUT2D eigenvalue weighted by atomic mass is 16.5. The molecule has 0 bridgehead atoms. The molecule has 2 aliphatic heterocycles. The van der Waals surface area contributed by atoms with Crippen LogP contribution in [0, 0.1) is 0 Å². The molecule has 0 atom stereocenters. The van der Waals surface area contributed by atoms with Crippen molar-refractivity contribution in [3.63, 3.8) is 0 Å². The molecule has 0 aromatic heterocycles. The fraction of sp³-hybridized carbons (Fsp3) is 0.375. The Bertz CT molecular complexity index is 842. The van der Waals surface area contributed by atoms with Crippen LogP contribution in [0.3, 0.4) is 0 Å². The van der Waals surface area contributed by atoms with Gasteiger partial charge in [-0.1, -0.05) is 36.4 Å². The van der Waals surface area contributed by atoms with Crippen LogP contribution in [0.1, 0.15) is 16.7 Å². The highest BCUT2D eigenvalue weighted by Gasteiger charge is 2.16. The molecule has 1 fully saturated rings. The maximum absolute atomic E-state index is 12.1. The number of fused-ring (bicyclic) bond motifs is 1. The fourth-order valence-corrected chi connectivity index (χ4v) is 3.89. The molecule has 1 amide bonds. The summed E-state index contributed by atoms with van der Waals surface area (Å²) in [7, 11) is 0. The average molecular weight is 392 g/mol. The lowest BCUT2D eigenvalue weighted by Crippen LogP contribution is -2.47. The number of hydrogen-bond donors (Lipinski definition) is 1. The van der Waals surface area contributed by atoms with E-state index in [4.69, 9.17) is 4.74 Å². The number of amides is 1. The molecule has 1 saturated heterocycles. The lowest BCUT2D eigenvalue weighted by Gasteiger charge is -2.34. The van der Waals surface area contributed by atoms with Gasteiger partial charge in [0.05, 0.1) is 6.61 Å². The van der Waals surface area contributed by atoms with Gasteiger partial charge in [-0.2, -0.15) is 0 Å². The molecule has 2 heterocycles. The maximum atomic E-state index is 12.1. The molecule has 2 aromatic rings. The second kappa shape index (κ2) is 9.72. The van der Waals surface area contributed by atoms with Gasteiger partial charge in [-0.25, -0.2) is 0 Å². The normalized spacial score (nSPS) is 17.2. The van der Waals surface area contributed by atoms with Gasteiger partial charge in [0.25, 0.3) is 0 Å². The van der Waals surface area contributed by atoms with Gasteiger partial charge >= 0.3 is 0 Å². The number of rotatable bonds is 7. The Hall–Kier alpha value is -2.63. The van der Waals surface area contributed by atoms with Crippen LogP contribution >= 0.6 is 0 Å². The largest absolute Gasteiger partial charge is 0.493 e. The molecular formula is C24H29N3O2. The second-order valence-electron chi connectivity index (χ2n) is 7.69. The molecule has 0 saturated carbocycles. The van der Waals surface area contributed by atoms with Crippen LogP contribution < -0.4 is 10.1 Å². The van der Waals surface area contributed by atoms with Crippen molar-refractivity contribution in [2.24, 2.45) is 0 Å². The molecule has 0 radical (unpaired) electrons. The van der Waals surface area contributed by atoms with E-state index in [9.17, 15) is 4.79 Å². The van der Waals surface area contributed by atoms with E-state index in [0.29, 0.717) is 6.54 Å². The summed E-state index contributed by atoms with van der Waals surface area (Å²) in [6, 6.07) is 16.7. The zero-order valence-electron chi connectivity index (χ0n) is 16.8. The Balaban J connectivity index is 1.14. The first-order chi connectivity index (χ1) is 14.3. The first kappa shape index (κ1) is 19.7. The minimum absolute atomic E-state index is 0.0375. The molecule has 0 spiro atoms. The summed E-state index contributed by atoms with van der Waals surface area (Å²) in [6.07, 6.45) is 4.44. The summed E-state index contributed by atoms with van der Waals surface area (Å²) in [4.78, 5) is 17.0. The Morgan fingerprint density at radius 2 is 1.83 bits per heavy atom. The number of benzene rings is 2. The first-order valence-corrected chi connectivity index (χ1v) is 10.5. The Labute approximate surface area is 173 Å². The van der Waals surface area contributed by atoms with Crippen LogP contribution in [0.4, 0.5) is 0 Å². The molecule has 2 aliphatic rings. The number of piperazine rings is 1. The van der Waals surface area contributed by atoms with Gasteiger partial charge < -0.3 is 10.1 Å². The Morgan fingerprint density at radius 1 is 1.03 bits per heavy atom. The van der Waals surface area contributed by atoms with Gasteiger partial charge in [0.2, 0.25) is 5.91 Å². The van der Waals surface area contributed by atoms with Crippen LogP contribution in [-0.4, -0.2) is 61.6 Å². The molecule has 0 aliphatic carbocycles. The fourth-order valence-electron chi connectivity index (χ4n) is 3.89. The van der Waals surface area contributed by atoms with E-state index in [2.05, 4.69) is 51.5 Å². The highest BCUT2D eigenvalue weighted by Crippen LogP contribution is 2.26. The molecule has 29 heavy (non-hydrogen) atoms. The van der Waals surface area contributed by atoms with Crippen molar-refractivity contribution in [1.82, 2.24) is 15.1 Å². The minimum Gasteiger partial charge on any atom is -0.493 e. The van der Waals surface area contributed by atoms with E-state index in [1.807, 2.05) is 18.2 Å². The first-order valence-electron chi connectivity index (χ1n) is 10.5. The van der Waals surface area contributed by atoms with E-state index in [-0.39, 0.29) is 5.91 Å². The van der Waals surface area contributed by atoms with Crippen LogP contribution in [0.25, 0.3) is 6.08 Å². The number of ether oxygens (including phenoxy) is 1. The Morgan fingerprint density at radius 3 is 2.66 bits per heavy atom. The van der Waals surface area contributed by atoms with Crippen molar-refractivity contribution >= 4 is 12.0 Å². The zero-order valence-corrected chi connectivity index (χ0v) is 16.8. The smallest absolute Gasteiger partial charge is 0.244 e. The molecule has 4 rings (SSSR count). The number of hydrogen-bond acceptors (Lipinski definition) is 4. The summed E-state index contributed by atoms with van der Waals surface area (Å²) in [5, 5.41) is 3.00. The van der Waals surface area contributed by atoms with Gasteiger partial charge in [0, 0.05) is 58.3 Å². The van der Waals surface area contributed by atoms with Crippen molar-refractivity contribution in [1.29, 1.82) is 0 Å². The topological polar surface area (TPSA) is 44.8 Å². The molecule has 5 nitrogen and oxygen atoms in total. The van der Waals surface area contributed by atoms with Gasteiger partial charge in [-0.3, -0.25) is 14.6 Å². The number of carbonyl (C=O) groups is 1. The van der Waals surface area contributed by atoms with Crippen LogP contribution in [0.15, 0.2) is 54.6 Å². The second-order valence-corrected chi connectivity index (χ2v) is 7.69. The quantitative estimate of drug-likeness (QED) is 0.737. The number of nitrogens with one attached hydrogen (secondary N) is 1. The van der Waals surface area contributed by atoms with E-state index >= 15 is 0 Å². The summed E-state index contributed by atoms with van der Waals surface area (Å²) >= 11 is 0. The van der Waals surface area contributed by atoms with Crippen molar-refractivity contribution in [2.45, 2.75) is 13.0 Å². The van der Waals surface area contributed by atoms with Crippen molar-refractivity contribution in [3.8, 4) is 5.75 Å². The maximum Gasteiger partial charge on any atom is 0.244 e. The SMILES string of the molecule is O=C(/C=C/c1ccc2c(c1)CCO2)NCCN1CCN(Cc2ccccc2)CC1. The van der Waals surface area contributed by atoms with Gasteiger partial charge in [0.15, 0.2) is 0 Å². The molecular weight excluding hydrogens is 362 g/mol. The van der Waals surface area contributed by atoms with Gasteiger partial charge in [0.1, 0.15) is 5.75 Å². The third-order valence-corrected chi connectivity index (χ3v) is 5.58. The molecule has 5 heteroatoms. The highest BCUT2D eigenvalue weighted by molar-refractivity contribution is 5.91. The van der Waals surface area contributed by atoms with E-state index < -0.39 is 0 Å². The predicted octanol–water partition coefficient (Wildman–Crippen LogP) is 2.57. The van der Waals surface area contributed by atoms with Crippen LogP contribution in [-0.2, 0) is 17.8 Å². The number of nitrogens with zero attached hydrogens (tertiary/aromatic N) is 2. The lowest BCUT2D eigenvalue weighted by atomic mass is 10.1. The van der Waals surface area contributed by atoms with Gasteiger partial charge in [-0.05, 0) is 34.9 Å². The van der Waals surface area contributed by atoms with E-state index in [0.717, 1.165) is 63.6 Å². The van der Waals surface area contributed by atoms with Crippen molar-refractivity contribution < 1.29 is 9.53 Å².